The normalized spacial score (nSPS) is 15.2. The molecule has 0 radical (unpaired) electrons. The van der Waals surface area contributed by atoms with Crippen LogP contribution in [-0.4, -0.2) is 48.0 Å². The number of anilines is 1. The topological polar surface area (TPSA) is 57.3 Å². The standard InChI is InChI=1S/C13H18Cl2N4O/c1-2-3-19(10-6-16-7-10)8-12(20)18-13-11(15)4-9(14)5-17-13/h4-5,10,16H,2-3,6-8H2,1H3,(H,17,18,20). The van der Waals surface area contributed by atoms with Crippen LogP contribution in [0.3, 0.4) is 0 Å². The van der Waals surface area contributed by atoms with Gasteiger partial charge in [0.2, 0.25) is 5.91 Å². The van der Waals surface area contributed by atoms with Crippen LogP contribution in [0.5, 0.6) is 0 Å². The molecule has 1 fully saturated rings. The van der Waals surface area contributed by atoms with Crippen molar-refractivity contribution in [2.24, 2.45) is 0 Å². The molecule has 0 atom stereocenters. The van der Waals surface area contributed by atoms with Crippen molar-refractivity contribution in [2.75, 3.05) is 31.5 Å². The summed E-state index contributed by atoms with van der Waals surface area (Å²) in [5, 5.41) is 6.73. The molecule has 1 aromatic heterocycles. The number of hydrogen-bond donors (Lipinski definition) is 2. The fourth-order valence-electron chi connectivity index (χ4n) is 2.07. The Hall–Kier alpha value is -0.880. The summed E-state index contributed by atoms with van der Waals surface area (Å²) in [6, 6.07) is 2.00. The molecule has 0 aliphatic carbocycles. The maximum Gasteiger partial charge on any atom is 0.239 e. The van der Waals surface area contributed by atoms with Crippen molar-refractivity contribution in [2.45, 2.75) is 19.4 Å². The molecule has 1 aromatic rings. The van der Waals surface area contributed by atoms with E-state index in [0.717, 1.165) is 26.1 Å². The lowest BCUT2D eigenvalue weighted by Gasteiger charge is -2.37. The van der Waals surface area contributed by atoms with E-state index in [9.17, 15) is 4.79 Å². The minimum absolute atomic E-state index is 0.109. The largest absolute Gasteiger partial charge is 0.314 e. The van der Waals surface area contributed by atoms with Crippen LogP contribution in [0.2, 0.25) is 10.0 Å². The predicted molar refractivity (Wildman–Crippen MR) is 81.4 cm³/mol. The second-order valence-electron chi connectivity index (χ2n) is 4.81. The molecule has 0 unspecified atom stereocenters. The van der Waals surface area contributed by atoms with Gasteiger partial charge in [0.05, 0.1) is 16.6 Å². The van der Waals surface area contributed by atoms with Crippen LogP contribution in [0.4, 0.5) is 5.82 Å². The highest BCUT2D eigenvalue weighted by Gasteiger charge is 2.25. The van der Waals surface area contributed by atoms with Gasteiger partial charge in [-0.05, 0) is 19.0 Å². The molecule has 5 nitrogen and oxygen atoms in total. The van der Waals surface area contributed by atoms with E-state index in [4.69, 9.17) is 23.2 Å². The summed E-state index contributed by atoms with van der Waals surface area (Å²) in [6.45, 7) is 5.23. The SMILES string of the molecule is CCCN(CC(=O)Nc1ncc(Cl)cc1Cl)C1CNC1. The number of nitrogens with zero attached hydrogens (tertiary/aromatic N) is 2. The number of amides is 1. The van der Waals surface area contributed by atoms with Crippen LogP contribution >= 0.6 is 23.2 Å². The van der Waals surface area contributed by atoms with Crippen LogP contribution in [0.25, 0.3) is 0 Å². The van der Waals surface area contributed by atoms with Crippen molar-refractivity contribution >= 4 is 34.9 Å². The maximum absolute atomic E-state index is 12.1. The third kappa shape index (κ3) is 4.06. The first-order valence-corrected chi connectivity index (χ1v) is 7.41. The van der Waals surface area contributed by atoms with Gasteiger partial charge in [0.1, 0.15) is 0 Å². The van der Waals surface area contributed by atoms with Gasteiger partial charge in [-0.15, -0.1) is 0 Å². The first-order chi connectivity index (χ1) is 9.60. The Morgan fingerprint density at radius 3 is 2.85 bits per heavy atom. The van der Waals surface area contributed by atoms with E-state index in [2.05, 4.69) is 27.4 Å². The van der Waals surface area contributed by atoms with Gasteiger partial charge in [0.25, 0.3) is 0 Å². The van der Waals surface area contributed by atoms with Crippen LogP contribution in [0.15, 0.2) is 12.3 Å². The molecule has 0 aromatic carbocycles. The van der Waals surface area contributed by atoms with Crippen molar-refractivity contribution in [3.8, 4) is 0 Å². The summed E-state index contributed by atoms with van der Waals surface area (Å²) in [6.07, 6.45) is 2.48. The average Bonchev–Trinajstić information content (AvgIpc) is 2.31. The maximum atomic E-state index is 12.1. The van der Waals surface area contributed by atoms with E-state index in [-0.39, 0.29) is 5.91 Å². The van der Waals surface area contributed by atoms with Gasteiger partial charge < -0.3 is 10.6 Å². The highest BCUT2D eigenvalue weighted by molar-refractivity contribution is 6.36. The number of rotatable bonds is 6. The Morgan fingerprint density at radius 1 is 1.55 bits per heavy atom. The molecular formula is C13H18Cl2N4O. The van der Waals surface area contributed by atoms with Crippen LogP contribution < -0.4 is 10.6 Å². The smallest absolute Gasteiger partial charge is 0.239 e. The van der Waals surface area contributed by atoms with Crippen LogP contribution in [0.1, 0.15) is 13.3 Å². The van der Waals surface area contributed by atoms with Crippen molar-refractivity contribution in [1.82, 2.24) is 15.2 Å². The van der Waals surface area contributed by atoms with E-state index in [0.29, 0.717) is 28.4 Å². The summed E-state index contributed by atoms with van der Waals surface area (Å²) in [5.41, 5.74) is 0. The van der Waals surface area contributed by atoms with Gasteiger partial charge in [0.15, 0.2) is 5.82 Å². The molecule has 2 N–H and O–H groups in total. The molecule has 7 heteroatoms. The lowest BCUT2D eigenvalue weighted by atomic mass is 10.1. The fraction of sp³-hybridized carbons (Fsp3) is 0.538. The van der Waals surface area contributed by atoms with Crippen molar-refractivity contribution in [3.63, 3.8) is 0 Å². The fourth-order valence-corrected chi connectivity index (χ4v) is 2.50. The van der Waals surface area contributed by atoms with Gasteiger partial charge in [-0.3, -0.25) is 9.69 Å². The van der Waals surface area contributed by atoms with Crippen molar-refractivity contribution < 1.29 is 4.79 Å². The van der Waals surface area contributed by atoms with E-state index >= 15 is 0 Å². The molecule has 110 valence electrons. The zero-order valence-corrected chi connectivity index (χ0v) is 12.8. The molecular weight excluding hydrogens is 299 g/mol. The summed E-state index contributed by atoms with van der Waals surface area (Å²) < 4.78 is 0. The number of hydrogen-bond acceptors (Lipinski definition) is 4. The van der Waals surface area contributed by atoms with Gasteiger partial charge >= 0.3 is 0 Å². The molecule has 1 aliphatic heterocycles. The van der Waals surface area contributed by atoms with Crippen LogP contribution in [-0.2, 0) is 4.79 Å². The lowest BCUT2D eigenvalue weighted by Crippen LogP contribution is -2.58. The zero-order chi connectivity index (χ0) is 14.5. The van der Waals surface area contributed by atoms with Crippen molar-refractivity contribution in [1.29, 1.82) is 0 Å². The van der Waals surface area contributed by atoms with Crippen molar-refractivity contribution in [3.05, 3.63) is 22.3 Å². The zero-order valence-electron chi connectivity index (χ0n) is 11.3. The predicted octanol–water partition coefficient (Wildman–Crippen LogP) is 2.01. The number of nitrogens with one attached hydrogen (secondary N) is 2. The molecule has 0 bridgehead atoms. The molecule has 20 heavy (non-hydrogen) atoms. The van der Waals surface area contributed by atoms with Gasteiger partial charge in [-0.2, -0.15) is 0 Å². The van der Waals surface area contributed by atoms with Gasteiger partial charge in [0, 0.05) is 25.3 Å². The monoisotopic (exact) mass is 316 g/mol. The average molecular weight is 317 g/mol. The van der Waals surface area contributed by atoms with E-state index < -0.39 is 0 Å². The molecule has 2 rings (SSSR count). The Labute approximate surface area is 128 Å². The molecule has 1 saturated heterocycles. The first kappa shape index (κ1) is 15.5. The molecule has 0 spiro atoms. The van der Waals surface area contributed by atoms with E-state index in [1.807, 2.05) is 0 Å². The number of carbonyl (C=O) groups is 1. The first-order valence-electron chi connectivity index (χ1n) is 6.65. The molecule has 1 aliphatic rings. The summed E-state index contributed by atoms with van der Waals surface area (Å²) in [7, 11) is 0. The van der Waals surface area contributed by atoms with E-state index in [1.165, 1.54) is 6.20 Å². The Kier molecular flexibility index (Phi) is 5.60. The highest BCUT2D eigenvalue weighted by atomic mass is 35.5. The second-order valence-corrected chi connectivity index (χ2v) is 5.66. The van der Waals surface area contributed by atoms with Gasteiger partial charge in [-0.1, -0.05) is 30.1 Å². The summed E-state index contributed by atoms with van der Waals surface area (Å²) >= 11 is 11.8. The number of aromatic nitrogens is 1. The molecule has 1 amide bonds. The highest BCUT2D eigenvalue weighted by Crippen LogP contribution is 2.22. The Bertz CT molecular complexity index is 479. The minimum atomic E-state index is -0.109. The number of carbonyl (C=O) groups excluding carboxylic acids is 1. The lowest BCUT2D eigenvalue weighted by molar-refractivity contribution is -0.118. The number of halogens is 2. The Morgan fingerprint density at radius 2 is 2.30 bits per heavy atom. The van der Waals surface area contributed by atoms with Gasteiger partial charge in [-0.25, -0.2) is 4.98 Å². The summed E-state index contributed by atoms with van der Waals surface area (Å²) in [5.74, 6) is 0.242. The third-order valence-electron chi connectivity index (χ3n) is 3.20. The molecule has 0 saturated carbocycles. The molecule has 2 heterocycles. The summed E-state index contributed by atoms with van der Waals surface area (Å²) in [4.78, 5) is 18.3. The third-order valence-corrected chi connectivity index (χ3v) is 3.69. The minimum Gasteiger partial charge on any atom is -0.314 e. The van der Waals surface area contributed by atoms with E-state index in [1.54, 1.807) is 6.07 Å². The second kappa shape index (κ2) is 7.22. The quantitative estimate of drug-likeness (QED) is 0.843. The van der Waals surface area contributed by atoms with Crippen LogP contribution in [0, 0.1) is 0 Å². The Balaban J connectivity index is 1.93. The number of pyridine rings is 1.